The molecule has 1 aliphatic heterocycles. The molecule has 1 fully saturated rings. The molecule has 0 aliphatic carbocycles. The highest BCUT2D eigenvalue weighted by molar-refractivity contribution is 5.88. The molecule has 1 atom stereocenters. The van der Waals surface area contributed by atoms with Crippen molar-refractivity contribution in [1.29, 1.82) is 0 Å². The Morgan fingerprint density at radius 2 is 1.79 bits per heavy atom. The number of carboxylic acid groups (broad SMARTS) is 1. The zero-order valence-electron chi connectivity index (χ0n) is 22.4. The van der Waals surface area contributed by atoms with Crippen molar-refractivity contribution in [1.82, 2.24) is 19.5 Å². The molecular formula is C31H22F3N5O4. The second-order valence-corrected chi connectivity index (χ2v) is 9.91. The van der Waals surface area contributed by atoms with Crippen molar-refractivity contribution in [3.05, 3.63) is 112 Å². The second-order valence-electron chi connectivity index (χ2n) is 9.91. The molecule has 43 heavy (non-hydrogen) atoms. The van der Waals surface area contributed by atoms with Gasteiger partial charge in [0.2, 0.25) is 0 Å². The minimum Gasteiger partial charge on any atom is -0.477 e. The zero-order chi connectivity index (χ0) is 30.1. The molecule has 1 aliphatic rings. The van der Waals surface area contributed by atoms with E-state index in [1.165, 1.54) is 30.3 Å². The number of rotatable bonds is 9. The fourth-order valence-corrected chi connectivity index (χ4v) is 4.70. The SMILES string of the molecule is [C-]#[N+]c1ccc(COc2nc(-c3ccc(Cc4nc5ccc(C(=O)O)nc5n4C[C@@H]4CCO4)c(F)c3)ccc2F)c(F)c1. The number of hydrogen-bond acceptors (Lipinski definition) is 6. The van der Waals surface area contributed by atoms with Crippen molar-refractivity contribution in [2.75, 3.05) is 6.61 Å². The van der Waals surface area contributed by atoms with Gasteiger partial charge in [-0.3, -0.25) is 0 Å². The molecule has 0 unspecified atom stereocenters. The lowest BCUT2D eigenvalue weighted by Gasteiger charge is -2.27. The predicted molar refractivity (Wildman–Crippen MR) is 148 cm³/mol. The molecule has 9 nitrogen and oxygen atoms in total. The topological polar surface area (TPSA) is 104 Å². The number of aromatic carboxylic acids is 1. The number of halogens is 3. The molecule has 12 heteroatoms. The Morgan fingerprint density at radius 1 is 1.00 bits per heavy atom. The van der Waals surface area contributed by atoms with E-state index < -0.39 is 23.4 Å². The van der Waals surface area contributed by atoms with Gasteiger partial charge < -0.3 is 19.1 Å². The van der Waals surface area contributed by atoms with E-state index in [2.05, 4.69) is 19.8 Å². The van der Waals surface area contributed by atoms with Crippen LogP contribution < -0.4 is 4.74 Å². The van der Waals surface area contributed by atoms with Gasteiger partial charge in [-0.15, -0.1) is 0 Å². The summed E-state index contributed by atoms with van der Waals surface area (Å²) >= 11 is 0. The molecule has 2 aromatic carbocycles. The van der Waals surface area contributed by atoms with Crippen molar-refractivity contribution in [2.24, 2.45) is 0 Å². The molecule has 216 valence electrons. The molecule has 1 saturated heterocycles. The van der Waals surface area contributed by atoms with Crippen LogP contribution in [0, 0.1) is 24.0 Å². The minimum atomic E-state index is -1.16. The fourth-order valence-electron chi connectivity index (χ4n) is 4.70. The first-order chi connectivity index (χ1) is 20.8. The maximum absolute atomic E-state index is 15.4. The van der Waals surface area contributed by atoms with Gasteiger partial charge in [0.1, 0.15) is 29.6 Å². The van der Waals surface area contributed by atoms with Gasteiger partial charge >= 0.3 is 5.97 Å². The van der Waals surface area contributed by atoms with E-state index >= 15 is 4.39 Å². The van der Waals surface area contributed by atoms with Gasteiger partial charge in [-0.1, -0.05) is 24.3 Å². The van der Waals surface area contributed by atoms with E-state index in [4.69, 9.17) is 16.0 Å². The van der Waals surface area contributed by atoms with Gasteiger partial charge in [0.05, 0.1) is 24.9 Å². The summed E-state index contributed by atoms with van der Waals surface area (Å²) in [6.07, 6.45) is 0.857. The Balaban J connectivity index is 1.25. The third kappa shape index (κ3) is 5.75. The highest BCUT2D eigenvalue weighted by Gasteiger charge is 2.24. The molecule has 6 rings (SSSR count). The zero-order valence-corrected chi connectivity index (χ0v) is 22.4. The van der Waals surface area contributed by atoms with Crippen LogP contribution >= 0.6 is 0 Å². The second kappa shape index (κ2) is 11.5. The summed E-state index contributed by atoms with van der Waals surface area (Å²) in [4.78, 5) is 27.7. The van der Waals surface area contributed by atoms with Crippen LogP contribution in [0.3, 0.4) is 0 Å². The molecule has 0 bridgehead atoms. The number of benzene rings is 2. The number of imidazole rings is 1. The highest BCUT2D eigenvalue weighted by atomic mass is 19.1. The van der Waals surface area contributed by atoms with Crippen molar-refractivity contribution in [3.8, 4) is 17.1 Å². The van der Waals surface area contributed by atoms with E-state index in [9.17, 15) is 18.7 Å². The molecule has 0 radical (unpaired) electrons. The first-order valence-electron chi connectivity index (χ1n) is 13.2. The number of ether oxygens (including phenoxy) is 2. The summed E-state index contributed by atoms with van der Waals surface area (Å²) in [5.41, 5.74) is 1.93. The van der Waals surface area contributed by atoms with Gasteiger partial charge in [-0.25, -0.2) is 37.8 Å². The lowest BCUT2D eigenvalue weighted by atomic mass is 10.1. The average molecular weight is 586 g/mol. The Morgan fingerprint density at radius 3 is 2.49 bits per heavy atom. The maximum Gasteiger partial charge on any atom is 0.354 e. The van der Waals surface area contributed by atoms with E-state index in [0.29, 0.717) is 41.3 Å². The first kappa shape index (κ1) is 27.9. The monoisotopic (exact) mass is 585 g/mol. The lowest BCUT2D eigenvalue weighted by molar-refractivity contribution is -0.0590. The maximum atomic E-state index is 15.4. The molecule has 0 spiro atoms. The van der Waals surface area contributed by atoms with E-state index in [-0.39, 0.29) is 47.7 Å². The van der Waals surface area contributed by atoms with Crippen LogP contribution in [0.1, 0.15) is 33.9 Å². The highest BCUT2D eigenvalue weighted by Crippen LogP contribution is 2.28. The Kier molecular flexibility index (Phi) is 7.48. The van der Waals surface area contributed by atoms with Crippen molar-refractivity contribution in [2.45, 2.75) is 32.1 Å². The normalized spacial score (nSPS) is 14.3. The quantitative estimate of drug-likeness (QED) is 0.208. The molecule has 5 aromatic rings. The summed E-state index contributed by atoms with van der Waals surface area (Å²) in [6, 6.07) is 13.8. The molecular weight excluding hydrogens is 563 g/mol. The summed E-state index contributed by atoms with van der Waals surface area (Å²) in [6.45, 7) is 7.68. The van der Waals surface area contributed by atoms with Crippen molar-refractivity contribution < 1.29 is 32.5 Å². The van der Waals surface area contributed by atoms with Crippen LogP contribution in [-0.2, 0) is 24.3 Å². The number of nitrogens with zero attached hydrogens (tertiary/aromatic N) is 5. The standard InChI is InChI=1S/C31H22F3N5O4/c1-35-20-5-4-19(24(34)14-20)16-43-30-22(32)6-7-25(38-30)18-3-2-17(23(33)12-18)13-28-36-26-8-9-27(31(40)41)37-29(26)39(28)15-21-10-11-42-21/h2-9,12,14,21H,10-11,13,15-16H2,(H,40,41)/t21-/m0/s1. The van der Waals surface area contributed by atoms with Crippen LogP contribution in [0.5, 0.6) is 5.88 Å². The molecule has 3 aromatic heterocycles. The summed E-state index contributed by atoms with van der Waals surface area (Å²) in [5, 5.41) is 9.39. The molecule has 4 heterocycles. The molecule has 0 amide bonds. The Bertz CT molecular complexity index is 1920. The number of hydrogen-bond donors (Lipinski definition) is 1. The lowest BCUT2D eigenvalue weighted by Crippen LogP contribution is -2.32. The molecule has 0 saturated carbocycles. The predicted octanol–water partition coefficient (Wildman–Crippen LogP) is 6.12. The number of carboxylic acids is 1. The van der Waals surface area contributed by atoms with Crippen molar-refractivity contribution in [3.63, 3.8) is 0 Å². The van der Waals surface area contributed by atoms with Crippen LogP contribution in [0.2, 0.25) is 0 Å². The van der Waals surface area contributed by atoms with Gasteiger partial charge in [0.25, 0.3) is 5.88 Å². The van der Waals surface area contributed by atoms with Crippen molar-refractivity contribution >= 4 is 22.8 Å². The van der Waals surface area contributed by atoms with Crippen LogP contribution in [0.4, 0.5) is 18.9 Å². The van der Waals surface area contributed by atoms with Gasteiger partial charge in [-0.2, -0.15) is 0 Å². The third-order valence-corrected chi connectivity index (χ3v) is 7.11. The number of pyridine rings is 2. The summed E-state index contributed by atoms with van der Waals surface area (Å²) in [5.74, 6) is -3.02. The van der Waals surface area contributed by atoms with Gasteiger partial charge in [0.15, 0.2) is 22.8 Å². The van der Waals surface area contributed by atoms with Crippen LogP contribution in [-0.4, -0.2) is 43.3 Å². The Labute approximate surface area is 243 Å². The summed E-state index contributed by atoms with van der Waals surface area (Å²) in [7, 11) is 0. The van der Waals surface area contributed by atoms with Gasteiger partial charge in [0, 0.05) is 24.2 Å². The fraction of sp³-hybridized carbons (Fsp3) is 0.194. The minimum absolute atomic E-state index is 0.0748. The summed E-state index contributed by atoms with van der Waals surface area (Å²) < 4.78 is 56.9. The van der Waals surface area contributed by atoms with E-state index in [1.54, 1.807) is 22.8 Å². The smallest absolute Gasteiger partial charge is 0.354 e. The van der Waals surface area contributed by atoms with Crippen LogP contribution in [0.15, 0.2) is 60.7 Å². The number of carbonyl (C=O) groups is 1. The van der Waals surface area contributed by atoms with E-state index in [1.807, 2.05) is 0 Å². The first-order valence-corrected chi connectivity index (χ1v) is 13.2. The van der Waals surface area contributed by atoms with Gasteiger partial charge in [-0.05, 0) is 48.4 Å². The van der Waals surface area contributed by atoms with Crippen LogP contribution in [0.25, 0.3) is 27.3 Å². The molecule has 1 N–H and O–H groups in total. The number of fused-ring (bicyclic) bond motifs is 1. The average Bonchev–Trinajstić information content (AvgIpc) is 3.31. The third-order valence-electron chi connectivity index (χ3n) is 7.11. The largest absolute Gasteiger partial charge is 0.477 e. The van der Waals surface area contributed by atoms with E-state index in [0.717, 1.165) is 18.6 Å². The Hall–Kier alpha value is -5.28. The number of aromatic nitrogens is 4.